The maximum atomic E-state index is 13.4. The quantitative estimate of drug-likeness (QED) is 0.825. The zero-order chi connectivity index (χ0) is 15.2. The number of halogens is 3. The van der Waals surface area contributed by atoms with E-state index in [0.29, 0.717) is 6.42 Å². The summed E-state index contributed by atoms with van der Waals surface area (Å²) in [6.45, 7) is 0. The first-order valence-electron chi connectivity index (χ1n) is 6.46. The van der Waals surface area contributed by atoms with Crippen LogP contribution in [-0.4, -0.2) is 17.8 Å². The molecule has 0 aliphatic heterocycles. The highest BCUT2D eigenvalue weighted by atomic mass is 35.5. The van der Waals surface area contributed by atoms with Crippen LogP contribution in [0.15, 0.2) is 48.5 Å². The van der Waals surface area contributed by atoms with Gasteiger partial charge in [-0.2, -0.15) is 0 Å². The van der Waals surface area contributed by atoms with Crippen molar-refractivity contribution >= 4 is 29.1 Å². The maximum absolute atomic E-state index is 13.4. The molecule has 2 aromatic carbocycles. The van der Waals surface area contributed by atoms with Gasteiger partial charge in [-0.15, -0.1) is 11.6 Å². The first-order valence-corrected chi connectivity index (χ1v) is 7.38. The minimum Gasteiger partial charge on any atom is -0.348 e. The SMILES string of the molecule is O=C(NC(CCl)Cc1ccccc1)c1cccc(F)c1Cl. The predicted molar refractivity (Wildman–Crippen MR) is 83.5 cm³/mol. The van der Waals surface area contributed by atoms with Gasteiger partial charge in [0.15, 0.2) is 0 Å². The fourth-order valence-corrected chi connectivity index (χ4v) is 2.38. The van der Waals surface area contributed by atoms with E-state index in [1.165, 1.54) is 18.2 Å². The minimum absolute atomic E-state index is 0.111. The zero-order valence-electron chi connectivity index (χ0n) is 11.2. The van der Waals surface area contributed by atoms with Crippen molar-refractivity contribution < 1.29 is 9.18 Å². The largest absolute Gasteiger partial charge is 0.348 e. The number of alkyl halides is 1. The number of benzene rings is 2. The average molecular weight is 326 g/mol. The molecule has 1 unspecified atom stereocenters. The predicted octanol–water partition coefficient (Wildman–Crippen LogP) is 4.06. The average Bonchev–Trinajstić information content (AvgIpc) is 2.50. The Morgan fingerprint density at radius 3 is 2.52 bits per heavy atom. The minimum atomic E-state index is -0.616. The summed E-state index contributed by atoms with van der Waals surface area (Å²) in [5, 5.41) is 2.60. The second-order valence-corrected chi connectivity index (χ2v) is 5.30. The normalized spacial score (nSPS) is 12.0. The summed E-state index contributed by atoms with van der Waals surface area (Å²) < 4.78 is 13.4. The van der Waals surface area contributed by atoms with Crippen LogP contribution in [0.25, 0.3) is 0 Å². The van der Waals surface area contributed by atoms with Crippen molar-refractivity contribution in [3.05, 3.63) is 70.5 Å². The van der Waals surface area contributed by atoms with Gasteiger partial charge in [0.25, 0.3) is 5.91 Å². The van der Waals surface area contributed by atoms with E-state index < -0.39 is 11.7 Å². The topological polar surface area (TPSA) is 29.1 Å². The monoisotopic (exact) mass is 325 g/mol. The lowest BCUT2D eigenvalue weighted by atomic mass is 10.1. The van der Waals surface area contributed by atoms with Crippen LogP contribution in [0.1, 0.15) is 15.9 Å². The highest BCUT2D eigenvalue weighted by Gasteiger charge is 2.17. The van der Waals surface area contributed by atoms with Crippen LogP contribution < -0.4 is 5.32 Å². The maximum Gasteiger partial charge on any atom is 0.253 e. The lowest BCUT2D eigenvalue weighted by Crippen LogP contribution is -2.38. The number of amides is 1. The lowest BCUT2D eigenvalue weighted by molar-refractivity contribution is 0.0940. The molecule has 1 N–H and O–H groups in total. The molecule has 1 amide bonds. The number of hydrogen-bond acceptors (Lipinski definition) is 1. The Labute approximate surface area is 132 Å². The number of carbonyl (C=O) groups excluding carboxylic acids is 1. The molecule has 0 heterocycles. The van der Waals surface area contributed by atoms with Gasteiger partial charge in [0, 0.05) is 11.9 Å². The summed E-state index contributed by atoms with van der Waals surface area (Å²) in [6, 6.07) is 13.6. The van der Waals surface area contributed by atoms with Gasteiger partial charge in [-0.25, -0.2) is 4.39 Å². The Bertz CT molecular complexity index is 619. The summed E-state index contributed by atoms with van der Waals surface area (Å²) in [4.78, 5) is 12.2. The molecule has 2 rings (SSSR count). The number of nitrogens with one attached hydrogen (secondary N) is 1. The van der Waals surface area contributed by atoms with Gasteiger partial charge in [0.2, 0.25) is 0 Å². The van der Waals surface area contributed by atoms with Gasteiger partial charge < -0.3 is 5.32 Å². The van der Waals surface area contributed by atoms with Gasteiger partial charge in [0.1, 0.15) is 5.82 Å². The molecule has 0 fully saturated rings. The van der Waals surface area contributed by atoms with E-state index in [0.717, 1.165) is 5.56 Å². The Morgan fingerprint density at radius 1 is 1.14 bits per heavy atom. The molecule has 2 aromatic rings. The van der Waals surface area contributed by atoms with Crippen LogP contribution in [0.5, 0.6) is 0 Å². The van der Waals surface area contributed by atoms with Crippen molar-refractivity contribution in [3.8, 4) is 0 Å². The highest BCUT2D eigenvalue weighted by Crippen LogP contribution is 2.19. The second-order valence-electron chi connectivity index (χ2n) is 4.62. The van der Waals surface area contributed by atoms with E-state index in [9.17, 15) is 9.18 Å². The zero-order valence-corrected chi connectivity index (χ0v) is 12.7. The fraction of sp³-hybridized carbons (Fsp3) is 0.188. The second kappa shape index (κ2) is 7.43. The molecule has 5 heteroatoms. The molecule has 0 aliphatic carbocycles. The first-order chi connectivity index (χ1) is 10.1. The molecule has 1 atom stereocenters. The summed E-state index contributed by atoms with van der Waals surface area (Å²) in [5.41, 5.74) is 1.17. The van der Waals surface area contributed by atoms with E-state index in [2.05, 4.69) is 5.32 Å². The van der Waals surface area contributed by atoms with Crippen LogP contribution in [0, 0.1) is 5.82 Å². The molecular formula is C16H14Cl2FNO. The van der Waals surface area contributed by atoms with Crippen LogP contribution in [0.4, 0.5) is 4.39 Å². The molecule has 0 saturated carbocycles. The third kappa shape index (κ3) is 4.19. The molecule has 0 radical (unpaired) electrons. The van der Waals surface area contributed by atoms with E-state index >= 15 is 0 Å². The Balaban J connectivity index is 2.08. The molecule has 21 heavy (non-hydrogen) atoms. The van der Waals surface area contributed by atoms with Gasteiger partial charge in [-0.3, -0.25) is 4.79 Å². The summed E-state index contributed by atoms with van der Waals surface area (Å²) >= 11 is 11.7. The number of hydrogen-bond donors (Lipinski definition) is 1. The molecule has 110 valence electrons. The van der Waals surface area contributed by atoms with Crippen LogP contribution in [0.3, 0.4) is 0 Å². The van der Waals surface area contributed by atoms with E-state index in [1.807, 2.05) is 30.3 Å². The van der Waals surface area contributed by atoms with Crippen molar-refractivity contribution in [3.63, 3.8) is 0 Å². The van der Waals surface area contributed by atoms with Gasteiger partial charge in [0.05, 0.1) is 10.6 Å². The van der Waals surface area contributed by atoms with Crippen LogP contribution in [0.2, 0.25) is 5.02 Å². The van der Waals surface area contributed by atoms with Crippen molar-refractivity contribution in [2.45, 2.75) is 12.5 Å². The molecule has 0 bridgehead atoms. The van der Waals surface area contributed by atoms with Gasteiger partial charge >= 0.3 is 0 Å². The molecule has 0 saturated heterocycles. The standard InChI is InChI=1S/C16H14Cl2FNO/c17-10-12(9-11-5-2-1-3-6-11)20-16(21)13-7-4-8-14(19)15(13)18/h1-8,12H,9-10H2,(H,20,21). The molecule has 0 spiro atoms. The van der Waals surface area contributed by atoms with Gasteiger partial charge in [-0.05, 0) is 24.1 Å². The van der Waals surface area contributed by atoms with Crippen LogP contribution >= 0.6 is 23.2 Å². The van der Waals surface area contributed by atoms with Crippen molar-refractivity contribution in [1.82, 2.24) is 5.32 Å². The highest BCUT2D eigenvalue weighted by molar-refractivity contribution is 6.34. The fourth-order valence-electron chi connectivity index (χ4n) is 1.99. The third-order valence-electron chi connectivity index (χ3n) is 3.04. The van der Waals surface area contributed by atoms with Crippen molar-refractivity contribution in [1.29, 1.82) is 0 Å². The van der Waals surface area contributed by atoms with Crippen LogP contribution in [-0.2, 0) is 6.42 Å². The summed E-state index contributed by atoms with van der Waals surface area (Å²) in [5.74, 6) is -0.788. The van der Waals surface area contributed by atoms with Gasteiger partial charge in [-0.1, -0.05) is 48.0 Å². The molecule has 2 nitrogen and oxygen atoms in total. The Kier molecular flexibility index (Phi) is 5.59. The first kappa shape index (κ1) is 15.8. The number of rotatable bonds is 5. The molecule has 0 aromatic heterocycles. The summed E-state index contributed by atoms with van der Waals surface area (Å²) in [6.07, 6.45) is 0.600. The van der Waals surface area contributed by atoms with E-state index in [4.69, 9.17) is 23.2 Å². The Hall–Kier alpha value is -1.58. The summed E-state index contributed by atoms with van der Waals surface area (Å²) in [7, 11) is 0. The van der Waals surface area contributed by atoms with E-state index in [-0.39, 0.29) is 22.5 Å². The van der Waals surface area contributed by atoms with E-state index in [1.54, 1.807) is 0 Å². The Morgan fingerprint density at radius 2 is 1.86 bits per heavy atom. The van der Waals surface area contributed by atoms with Crippen molar-refractivity contribution in [2.24, 2.45) is 0 Å². The lowest BCUT2D eigenvalue weighted by Gasteiger charge is -2.16. The third-order valence-corrected chi connectivity index (χ3v) is 3.80. The molecular weight excluding hydrogens is 312 g/mol. The molecule has 0 aliphatic rings. The smallest absolute Gasteiger partial charge is 0.253 e. The van der Waals surface area contributed by atoms with Crippen molar-refractivity contribution in [2.75, 3.05) is 5.88 Å². The number of carbonyl (C=O) groups is 1.